The first-order chi connectivity index (χ1) is 16.1. The number of carbonyl (C=O) groups excluding carboxylic acids is 1. The molecule has 0 atom stereocenters. The topological polar surface area (TPSA) is 78.8 Å². The monoisotopic (exact) mass is 477 g/mol. The molecule has 0 bridgehead atoms. The lowest BCUT2D eigenvalue weighted by molar-refractivity contribution is 0.0954. The van der Waals surface area contributed by atoms with Gasteiger partial charge in [-0.25, -0.2) is 13.8 Å². The highest BCUT2D eigenvalue weighted by atomic mass is 32.2. The van der Waals surface area contributed by atoms with Crippen molar-refractivity contribution in [3.63, 3.8) is 0 Å². The second-order valence-corrected chi connectivity index (χ2v) is 10.4. The first-order valence-electron chi connectivity index (χ1n) is 11.1. The molecule has 178 valence electrons. The van der Waals surface area contributed by atoms with Crippen LogP contribution in [-0.4, -0.2) is 26.3 Å². The largest absolute Gasteiger partial charge is 0.271 e. The van der Waals surface area contributed by atoms with Gasteiger partial charge >= 0.3 is 0 Å². The van der Waals surface area contributed by atoms with Gasteiger partial charge in [-0.2, -0.15) is 5.10 Å². The Balaban J connectivity index is 1.63. The zero-order valence-electron chi connectivity index (χ0n) is 20.1. The lowest BCUT2D eigenvalue weighted by atomic mass is 10.1. The van der Waals surface area contributed by atoms with Crippen LogP contribution >= 0.6 is 0 Å². The number of hydrogen-bond donors (Lipinski definition) is 1. The van der Waals surface area contributed by atoms with Gasteiger partial charge in [-0.15, -0.1) is 0 Å². The molecule has 34 heavy (non-hydrogen) atoms. The van der Waals surface area contributed by atoms with E-state index in [4.69, 9.17) is 0 Å². The van der Waals surface area contributed by atoms with Crippen LogP contribution in [0.3, 0.4) is 0 Å². The molecule has 0 aromatic heterocycles. The molecule has 0 saturated heterocycles. The second-order valence-electron chi connectivity index (χ2n) is 8.51. The van der Waals surface area contributed by atoms with E-state index < -0.39 is 10.0 Å². The van der Waals surface area contributed by atoms with E-state index in [9.17, 15) is 13.2 Å². The van der Waals surface area contributed by atoms with Gasteiger partial charge in [-0.3, -0.25) is 9.10 Å². The third-order valence-electron chi connectivity index (χ3n) is 5.69. The Labute approximate surface area is 202 Å². The van der Waals surface area contributed by atoms with Gasteiger partial charge in [-0.1, -0.05) is 48.5 Å². The lowest BCUT2D eigenvalue weighted by Crippen LogP contribution is -2.29. The maximum atomic E-state index is 12.5. The zero-order valence-corrected chi connectivity index (χ0v) is 20.9. The first kappa shape index (κ1) is 25.2. The Hall–Kier alpha value is -3.45. The Bertz CT molecular complexity index is 1270. The molecule has 1 N–H and O–H groups in total. The smallest absolute Gasteiger partial charge is 0.267 e. The highest BCUT2D eigenvalue weighted by Gasteiger charge is 2.18. The van der Waals surface area contributed by atoms with Crippen LogP contribution in [0.15, 0.2) is 77.9 Å². The number of nitrogens with one attached hydrogen (secondary N) is 1. The van der Waals surface area contributed by atoms with Crippen LogP contribution in [-0.2, 0) is 23.0 Å². The third-order valence-corrected chi connectivity index (χ3v) is 6.83. The van der Waals surface area contributed by atoms with Crippen molar-refractivity contribution in [3.8, 4) is 0 Å². The fourth-order valence-electron chi connectivity index (χ4n) is 3.44. The quantitative estimate of drug-likeness (QED) is 0.348. The summed E-state index contributed by atoms with van der Waals surface area (Å²) >= 11 is 0. The molecule has 3 rings (SSSR count). The van der Waals surface area contributed by atoms with Crippen LogP contribution in [0, 0.1) is 13.8 Å². The van der Waals surface area contributed by atoms with Crippen molar-refractivity contribution in [1.29, 1.82) is 0 Å². The fourth-order valence-corrected chi connectivity index (χ4v) is 4.32. The number of anilines is 1. The van der Waals surface area contributed by atoms with Gasteiger partial charge < -0.3 is 0 Å². The number of nitrogens with zero attached hydrogens (tertiary/aromatic N) is 2. The molecule has 0 unspecified atom stereocenters. The minimum atomic E-state index is -3.48. The van der Waals surface area contributed by atoms with Gasteiger partial charge in [0, 0.05) is 11.3 Å². The summed E-state index contributed by atoms with van der Waals surface area (Å²) in [4.78, 5) is 12.5. The molecular weight excluding hydrogens is 446 g/mol. The number of aryl methyl sites for hydroxylation is 3. The number of hydrazone groups is 1. The molecule has 0 aliphatic heterocycles. The Morgan fingerprint density at radius 1 is 0.912 bits per heavy atom. The van der Waals surface area contributed by atoms with E-state index in [0.29, 0.717) is 11.3 Å². The van der Waals surface area contributed by atoms with E-state index in [1.54, 1.807) is 24.3 Å². The predicted molar refractivity (Wildman–Crippen MR) is 139 cm³/mol. The maximum Gasteiger partial charge on any atom is 0.271 e. The molecule has 0 saturated carbocycles. The summed E-state index contributed by atoms with van der Waals surface area (Å²) in [6.45, 7) is 6.01. The number of carbonyl (C=O) groups is 1. The van der Waals surface area contributed by atoms with Crippen LogP contribution in [0.1, 0.15) is 46.0 Å². The SMILES string of the molecule is C/C(CCc1ccccc1)=N\NC(=O)c1ccc(CN(c2ccc(C)c(C)c2)S(C)(=O)=O)cc1. The standard InChI is InChI=1S/C27H31N3O3S/c1-20-10-17-26(18-21(20)2)30(34(4,32)33)19-24-13-15-25(16-14-24)27(31)29-28-22(3)11-12-23-8-6-5-7-9-23/h5-10,13-18H,11-12,19H2,1-4H3,(H,29,31)/b28-22+. The van der Waals surface area contributed by atoms with Gasteiger partial charge in [0.1, 0.15) is 0 Å². The molecule has 1 amide bonds. The summed E-state index contributed by atoms with van der Waals surface area (Å²) < 4.78 is 26.3. The summed E-state index contributed by atoms with van der Waals surface area (Å²) in [5.41, 5.74) is 8.65. The molecule has 0 aliphatic carbocycles. The fraction of sp³-hybridized carbons (Fsp3) is 0.259. The van der Waals surface area contributed by atoms with Gasteiger partial charge in [0.2, 0.25) is 10.0 Å². The second kappa shape index (κ2) is 11.1. The van der Waals surface area contributed by atoms with Crippen molar-refractivity contribution < 1.29 is 13.2 Å². The molecule has 6 nitrogen and oxygen atoms in total. The van der Waals surface area contributed by atoms with Crippen molar-refractivity contribution in [2.75, 3.05) is 10.6 Å². The van der Waals surface area contributed by atoms with Gasteiger partial charge in [0.05, 0.1) is 18.5 Å². The minimum absolute atomic E-state index is 0.181. The van der Waals surface area contributed by atoms with E-state index in [-0.39, 0.29) is 12.5 Å². The van der Waals surface area contributed by atoms with Gasteiger partial charge in [0.15, 0.2) is 0 Å². The molecule has 0 aliphatic rings. The number of rotatable bonds is 9. The third kappa shape index (κ3) is 7.02. The van der Waals surface area contributed by atoms with E-state index in [2.05, 4.69) is 22.7 Å². The number of sulfonamides is 1. The van der Waals surface area contributed by atoms with E-state index >= 15 is 0 Å². The summed E-state index contributed by atoms with van der Waals surface area (Å²) in [6, 6.07) is 22.6. The molecule has 0 spiro atoms. The van der Waals surface area contributed by atoms with Crippen LogP contribution in [0.5, 0.6) is 0 Å². The van der Waals surface area contributed by atoms with Crippen molar-refractivity contribution in [2.24, 2.45) is 5.10 Å². The van der Waals surface area contributed by atoms with Crippen molar-refractivity contribution in [2.45, 2.75) is 40.2 Å². The van der Waals surface area contributed by atoms with Crippen molar-refractivity contribution in [1.82, 2.24) is 5.43 Å². The van der Waals surface area contributed by atoms with Crippen molar-refractivity contribution in [3.05, 3.63) is 101 Å². The minimum Gasteiger partial charge on any atom is -0.267 e. The summed E-state index contributed by atoms with van der Waals surface area (Å²) in [5.74, 6) is -0.306. The summed E-state index contributed by atoms with van der Waals surface area (Å²) in [5, 5.41) is 4.20. The Morgan fingerprint density at radius 3 is 2.21 bits per heavy atom. The van der Waals surface area contributed by atoms with E-state index in [1.807, 2.05) is 57.2 Å². The van der Waals surface area contributed by atoms with Crippen molar-refractivity contribution >= 4 is 27.3 Å². The highest BCUT2D eigenvalue weighted by molar-refractivity contribution is 7.92. The molecule has 0 radical (unpaired) electrons. The van der Waals surface area contributed by atoms with Crippen LogP contribution in [0.4, 0.5) is 5.69 Å². The molecule has 3 aromatic carbocycles. The lowest BCUT2D eigenvalue weighted by Gasteiger charge is -2.23. The normalized spacial score (nSPS) is 11.8. The van der Waals surface area contributed by atoms with E-state index in [1.165, 1.54) is 16.1 Å². The van der Waals surface area contributed by atoms with Crippen LogP contribution in [0.25, 0.3) is 0 Å². The first-order valence-corrected chi connectivity index (χ1v) is 13.0. The van der Waals surface area contributed by atoms with Gasteiger partial charge in [0.25, 0.3) is 5.91 Å². The van der Waals surface area contributed by atoms with Crippen LogP contribution in [0.2, 0.25) is 0 Å². The highest BCUT2D eigenvalue weighted by Crippen LogP contribution is 2.23. The number of benzene rings is 3. The number of amides is 1. The van der Waals surface area contributed by atoms with E-state index in [0.717, 1.165) is 35.2 Å². The summed E-state index contributed by atoms with van der Waals surface area (Å²) in [7, 11) is -3.48. The number of hydrogen-bond acceptors (Lipinski definition) is 4. The average Bonchev–Trinajstić information content (AvgIpc) is 2.82. The van der Waals surface area contributed by atoms with Crippen LogP contribution < -0.4 is 9.73 Å². The molecule has 0 fully saturated rings. The average molecular weight is 478 g/mol. The molecular formula is C27H31N3O3S. The maximum absolute atomic E-state index is 12.5. The zero-order chi connectivity index (χ0) is 24.7. The molecule has 7 heteroatoms. The molecule has 0 heterocycles. The Morgan fingerprint density at radius 2 is 1.59 bits per heavy atom. The van der Waals surface area contributed by atoms with Gasteiger partial charge in [-0.05, 0) is 80.1 Å². The molecule has 3 aromatic rings. The predicted octanol–water partition coefficient (Wildman–Crippen LogP) is 5.01. The Kier molecular flexibility index (Phi) is 8.23. The summed E-state index contributed by atoms with van der Waals surface area (Å²) in [6.07, 6.45) is 2.81.